The van der Waals surface area contributed by atoms with Gasteiger partial charge in [-0.15, -0.1) is 0 Å². The van der Waals surface area contributed by atoms with Crippen molar-refractivity contribution in [1.82, 2.24) is 9.78 Å². The number of hydrogen-bond donors (Lipinski definition) is 0. The van der Waals surface area contributed by atoms with Crippen LogP contribution in [-0.2, 0) is 9.05 Å². The van der Waals surface area contributed by atoms with Crippen molar-refractivity contribution in [2.75, 3.05) is 0 Å². The summed E-state index contributed by atoms with van der Waals surface area (Å²) in [6, 6.07) is 5.88. The molecule has 4 nitrogen and oxygen atoms in total. The first kappa shape index (κ1) is 12.1. The summed E-state index contributed by atoms with van der Waals surface area (Å²) in [6.45, 7) is 3.90. The molecule has 0 spiro atoms. The quantitative estimate of drug-likeness (QED) is 0.788. The van der Waals surface area contributed by atoms with Gasteiger partial charge in [0.15, 0.2) is 0 Å². The van der Waals surface area contributed by atoms with Gasteiger partial charge in [0.25, 0.3) is 9.05 Å². The summed E-state index contributed by atoms with van der Waals surface area (Å²) in [5, 5.41) is 4.01. The highest BCUT2D eigenvalue weighted by atomic mass is 35.7. The average molecular weight is 271 g/mol. The largest absolute Gasteiger partial charge is 0.264 e. The zero-order valence-electron chi connectivity index (χ0n) is 9.38. The molecule has 0 atom stereocenters. The van der Waals surface area contributed by atoms with Gasteiger partial charge in [-0.1, -0.05) is 12.1 Å². The number of aryl methyl sites for hydroxylation is 2. The molecule has 17 heavy (non-hydrogen) atoms. The Hall–Kier alpha value is -1.33. The Labute approximate surface area is 104 Å². The molecule has 2 rings (SSSR count). The van der Waals surface area contributed by atoms with Gasteiger partial charge in [0.2, 0.25) is 0 Å². The lowest BCUT2D eigenvalue weighted by atomic mass is 10.1. The highest BCUT2D eigenvalue weighted by molar-refractivity contribution is 8.13. The maximum Gasteiger partial charge on any atom is 0.264 e. The van der Waals surface area contributed by atoms with E-state index in [1.54, 1.807) is 0 Å². The summed E-state index contributed by atoms with van der Waals surface area (Å²) >= 11 is 0. The number of nitrogens with zero attached hydrogens (tertiary/aromatic N) is 2. The van der Waals surface area contributed by atoms with Gasteiger partial charge in [0.1, 0.15) is 4.90 Å². The van der Waals surface area contributed by atoms with Crippen molar-refractivity contribution in [3.05, 3.63) is 41.7 Å². The van der Waals surface area contributed by atoms with Gasteiger partial charge in [0, 0.05) is 10.7 Å². The van der Waals surface area contributed by atoms with E-state index in [1.165, 1.54) is 17.1 Å². The van der Waals surface area contributed by atoms with E-state index in [1.807, 2.05) is 32.0 Å². The first-order valence-corrected chi connectivity index (χ1v) is 7.26. The van der Waals surface area contributed by atoms with Crippen molar-refractivity contribution in [2.24, 2.45) is 0 Å². The van der Waals surface area contributed by atoms with Crippen LogP contribution < -0.4 is 0 Å². The van der Waals surface area contributed by atoms with Gasteiger partial charge in [-0.05, 0) is 31.0 Å². The Kier molecular flexibility index (Phi) is 2.97. The fraction of sp³-hybridized carbons (Fsp3) is 0.182. The standard InChI is InChI=1S/C11H11ClN2O2S/c1-8-3-4-9(2)11(5-8)14-7-10(6-13-14)17(12,15)16/h3-7H,1-2H3. The number of aromatic nitrogens is 2. The average Bonchev–Trinajstić information content (AvgIpc) is 2.70. The first-order chi connectivity index (χ1) is 7.88. The zero-order valence-corrected chi connectivity index (χ0v) is 11.0. The monoisotopic (exact) mass is 270 g/mol. The molecule has 1 aromatic heterocycles. The molecule has 1 heterocycles. The SMILES string of the molecule is Cc1ccc(C)c(-n2cc(S(=O)(=O)Cl)cn2)c1. The second kappa shape index (κ2) is 4.16. The van der Waals surface area contributed by atoms with Crippen LogP contribution in [0.5, 0.6) is 0 Å². The van der Waals surface area contributed by atoms with E-state index in [0.29, 0.717) is 0 Å². The predicted molar refractivity (Wildman–Crippen MR) is 66.1 cm³/mol. The third-order valence-corrected chi connectivity index (χ3v) is 3.76. The molecule has 0 fully saturated rings. The van der Waals surface area contributed by atoms with Gasteiger partial charge in [-0.2, -0.15) is 5.10 Å². The molecule has 0 aliphatic carbocycles. The lowest BCUT2D eigenvalue weighted by molar-refractivity contribution is 0.609. The molecular weight excluding hydrogens is 260 g/mol. The van der Waals surface area contributed by atoms with Crippen LogP contribution in [0.2, 0.25) is 0 Å². The molecule has 0 aliphatic heterocycles. The summed E-state index contributed by atoms with van der Waals surface area (Å²) < 4.78 is 23.8. The zero-order chi connectivity index (χ0) is 12.6. The minimum atomic E-state index is -3.72. The van der Waals surface area contributed by atoms with E-state index in [2.05, 4.69) is 5.10 Å². The predicted octanol–water partition coefficient (Wildman–Crippen LogP) is 2.42. The topological polar surface area (TPSA) is 52.0 Å². The van der Waals surface area contributed by atoms with Crippen LogP contribution in [-0.4, -0.2) is 18.2 Å². The Morgan fingerprint density at radius 1 is 1.29 bits per heavy atom. The number of benzene rings is 1. The van der Waals surface area contributed by atoms with Crippen LogP contribution in [0.3, 0.4) is 0 Å². The van der Waals surface area contributed by atoms with Crippen molar-refractivity contribution in [2.45, 2.75) is 18.7 Å². The van der Waals surface area contributed by atoms with Crippen molar-refractivity contribution in [1.29, 1.82) is 0 Å². The molecule has 0 aliphatic rings. The van der Waals surface area contributed by atoms with E-state index in [0.717, 1.165) is 16.8 Å². The highest BCUT2D eigenvalue weighted by Gasteiger charge is 2.13. The smallest absolute Gasteiger partial charge is 0.239 e. The maximum atomic E-state index is 11.1. The highest BCUT2D eigenvalue weighted by Crippen LogP contribution is 2.19. The molecule has 1 aromatic carbocycles. The molecule has 0 bridgehead atoms. The summed E-state index contributed by atoms with van der Waals surface area (Å²) in [5.74, 6) is 0. The van der Waals surface area contributed by atoms with E-state index in [9.17, 15) is 8.42 Å². The molecule has 6 heteroatoms. The number of hydrogen-bond acceptors (Lipinski definition) is 3. The molecule has 0 saturated carbocycles. The molecule has 2 aromatic rings. The maximum absolute atomic E-state index is 11.1. The molecule has 0 saturated heterocycles. The molecule has 90 valence electrons. The van der Waals surface area contributed by atoms with Crippen LogP contribution in [0.4, 0.5) is 0 Å². The Morgan fingerprint density at radius 2 is 2.00 bits per heavy atom. The van der Waals surface area contributed by atoms with Crippen molar-refractivity contribution in [3.8, 4) is 5.69 Å². The van der Waals surface area contributed by atoms with Crippen LogP contribution in [0.1, 0.15) is 11.1 Å². The summed E-state index contributed by atoms with van der Waals surface area (Å²) in [6.07, 6.45) is 2.65. The molecule has 0 amide bonds. The van der Waals surface area contributed by atoms with Gasteiger partial charge >= 0.3 is 0 Å². The second-order valence-electron chi connectivity index (χ2n) is 3.85. The minimum absolute atomic E-state index is 0.0000674. The third-order valence-electron chi connectivity index (χ3n) is 2.45. The lowest BCUT2D eigenvalue weighted by Crippen LogP contribution is -1.98. The van der Waals surface area contributed by atoms with E-state index in [4.69, 9.17) is 10.7 Å². The molecular formula is C11H11ClN2O2S. The Morgan fingerprint density at radius 3 is 2.59 bits per heavy atom. The van der Waals surface area contributed by atoms with Crippen LogP contribution in [0, 0.1) is 13.8 Å². The van der Waals surface area contributed by atoms with Gasteiger partial charge in [-0.25, -0.2) is 13.1 Å². The minimum Gasteiger partial charge on any atom is -0.239 e. The van der Waals surface area contributed by atoms with E-state index < -0.39 is 9.05 Å². The summed E-state index contributed by atoms with van der Waals surface area (Å²) in [4.78, 5) is 0.0000674. The number of rotatable bonds is 2. The fourth-order valence-electron chi connectivity index (χ4n) is 1.53. The van der Waals surface area contributed by atoms with Gasteiger partial charge in [0.05, 0.1) is 18.1 Å². The van der Waals surface area contributed by atoms with Gasteiger partial charge < -0.3 is 0 Å². The first-order valence-electron chi connectivity index (χ1n) is 4.95. The number of halogens is 1. The molecule has 0 radical (unpaired) electrons. The van der Waals surface area contributed by atoms with E-state index in [-0.39, 0.29) is 4.90 Å². The molecule has 0 unspecified atom stereocenters. The van der Waals surface area contributed by atoms with Crippen molar-refractivity contribution in [3.63, 3.8) is 0 Å². The third kappa shape index (κ3) is 2.50. The summed E-state index contributed by atoms with van der Waals surface area (Å²) in [7, 11) is 1.53. The lowest BCUT2D eigenvalue weighted by Gasteiger charge is -2.06. The summed E-state index contributed by atoms with van der Waals surface area (Å²) in [5.41, 5.74) is 2.94. The van der Waals surface area contributed by atoms with Crippen molar-refractivity contribution < 1.29 is 8.42 Å². The van der Waals surface area contributed by atoms with Crippen LogP contribution in [0.15, 0.2) is 35.5 Å². The second-order valence-corrected chi connectivity index (χ2v) is 6.41. The van der Waals surface area contributed by atoms with Crippen LogP contribution in [0.25, 0.3) is 5.69 Å². The van der Waals surface area contributed by atoms with Crippen molar-refractivity contribution >= 4 is 19.7 Å². The van der Waals surface area contributed by atoms with Gasteiger partial charge in [-0.3, -0.25) is 0 Å². The molecule has 0 N–H and O–H groups in total. The van der Waals surface area contributed by atoms with Crippen LogP contribution >= 0.6 is 10.7 Å². The fourth-order valence-corrected chi connectivity index (χ4v) is 2.17. The Balaban J connectivity index is 2.55. The normalized spacial score (nSPS) is 11.7. The Bertz CT molecular complexity index is 662. The van der Waals surface area contributed by atoms with E-state index >= 15 is 0 Å².